The van der Waals surface area contributed by atoms with Crippen molar-refractivity contribution in [2.45, 2.75) is 38.7 Å². The molecule has 2 heteroatoms. The molecule has 0 aromatic rings. The lowest BCUT2D eigenvalue weighted by Crippen LogP contribution is -2.29. The highest BCUT2D eigenvalue weighted by molar-refractivity contribution is 5.59. The average molecular weight is 208 g/mol. The third-order valence-corrected chi connectivity index (χ3v) is 5.28. The summed E-state index contributed by atoms with van der Waals surface area (Å²) >= 11 is 0. The van der Waals surface area contributed by atoms with E-state index in [1.54, 1.807) is 0 Å². The summed E-state index contributed by atoms with van der Waals surface area (Å²) < 4.78 is 5.57. The number of rotatable bonds is 2. The summed E-state index contributed by atoms with van der Waals surface area (Å²) in [6.45, 7) is 2.14. The average Bonchev–Trinajstić information content (AvgIpc) is 2.85. The molecule has 0 aliphatic heterocycles. The number of fused-ring (bicyclic) bond motifs is 5. The zero-order valence-electron chi connectivity index (χ0n) is 9.61. The molecule has 6 unspecified atom stereocenters. The van der Waals surface area contributed by atoms with E-state index < -0.39 is 0 Å². The van der Waals surface area contributed by atoms with Gasteiger partial charge in [-0.2, -0.15) is 0 Å². The fourth-order valence-electron chi connectivity index (χ4n) is 4.69. The van der Waals surface area contributed by atoms with Gasteiger partial charge in [0.05, 0.1) is 6.10 Å². The van der Waals surface area contributed by atoms with Gasteiger partial charge >= 0.3 is 0 Å². The van der Waals surface area contributed by atoms with E-state index in [1.165, 1.54) is 19.1 Å². The molecule has 0 heterocycles. The van der Waals surface area contributed by atoms with Crippen LogP contribution in [0.3, 0.4) is 0 Å². The lowest BCUT2D eigenvalue weighted by atomic mass is 9.80. The fourth-order valence-corrected chi connectivity index (χ4v) is 4.69. The van der Waals surface area contributed by atoms with E-state index in [0.29, 0.717) is 6.10 Å². The second kappa shape index (κ2) is 3.07. The number of hydrogen-bond acceptors (Lipinski definition) is 2. The molecule has 6 atom stereocenters. The Labute approximate surface area is 91.4 Å². The Morgan fingerprint density at radius 1 is 1.20 bits per heavy atom. The summed E-state index contributed by atoms with van der Waals surface area (Å²) in [6.07, 6.45) is 6.55. The van der Waals surface area contributed by atoms with Crippen molar-refractivity contribution in [3.63, 3.8) is 0 Å². The van der Waals surface area contributed by atoms with E-state index in [0.717, 1.165) is 36.5 Å². The molecule has 0 aromatic carbocycles. The van der Waals surface area contributed by atoms with Crippen LogP contribution in [0, 0.1) is 29.1 Å². The number of methoxy groups -OCH3 is 1. The monoisotopic (exact) mass is 208 g/mol. The Bertz CT molecular complexity index is 286. The Hall–Kier alpha value is -0.370. The molecule has 15 heavy (non-hydrogen) atoms. The lowest BCUT2D eigenvalue weighted by molar-refractivity contribution is -0.115. The second-order valence-corrected chi connectivity index (χ2v) is 6.18. The second-order valence-electron chi connectivity index (χ2n) is 6.18. The van der Waals surface area contributed by atoms with Crippen molar-refractivity contribution in [2.75, 3.05) is 7.11 Å². The minimum Gasteiger partial charge on any atom is -0.381 e. The van der Waals surface area contributed by atoms with Crippen LogP contribution in [-0.2, 0) is 9.53 Å². The molecule has 2 nitrogen and oxygen atoms in total. The van der Waals surface area contributed by atoms with Crippen LogP contribution in [0.1, 0.15) is 32.6 Å². The van der Waals surface area contributed by atoms with Crippen molar-refractivity contribution < 1.29 is 9.53 Å². The molecule has 3 saturated carbocycles. The number of carbonyl (C=O) groups excluding carboxylic acids is 1. The van der Waals surface area contributed by atoms with Crippen molar-refractivity contribution in [2.24, 2.45) is 29.1 Å². The van der Waals surface area contributed by atoms with E-state index in [4.69, 9.17) is 4.74 Å². The molecule has 2 bridgehead atoms. The molecule has 0 spiro atoms. The molecule has 3 aliphatic carbocycles. The third kappa shape index (κ3) is 1.24. The van der Waals surface area contributed by atoms with E-state index >= 15 is 0 Å². The minimum atomic E-state index is -0.0190. The van der Waals surface area contributed by atoms with Gasteiger partial charge in [-0.1, -0.05) is 6.92 Å². The van der Waals surface area contributed by atoms with Gasteiger partial charge in [0.2, 0.25) is 0 Å². The maximum absolute atomic E-state index is 11.1. The molecule has 0 radical (unpaired) electrons. The van der Waals surface area contributed by atoms with Crippen molar-refractivity contribution in [3.8, 4) is 0 Å². The van der Waals surface area contributed by atoms with Gasteiger partial charge in [-0.3, -0.25) is 0 Å². The van der Waals surface area contributed by atoms with Gasteiger partial charge in [-0.25, -0.2) is 0 Å². The molecule has 3 aliphatic rings. The van der Waals surface area contributed by atoms with Crippen LogP contribution in [0.2, 0.25) is 0 Å². The SMILES string of the molecule is COC1CC2CC1C1CC(C)(C=O)CC21. The Morgan fingerprint density at radius 3 is 2.60 bits per heavy atom. The summed E-state index contributed by atoms with van der Waals surface area (Å²) in [4.78, 5) is 11.1. The van der Waals surface area contributed by atoms with Gasteiger partial charge in [0.15, 0.2) is 0 Å². The van der Waals surface area contributed by atoms with Gasteiger partial charge in [0, 0.05) is 12.5 Å². The summed E-state index contributed by atoms with van der Waals surface area (Å²) in [5, 5.41) is 0. The van der Waals surface area contributed by atoms with Crippen LogP contribution in [-0.4, -0.2) is 19.5 Å². The number of aldehydes is 1. The van der Waals surface area contributed by atoms with Crippen LogP contribution in [0.25, 0.3) is 0 Å². The van der Waals surface area contributed by atoms with Crippen molar-refractivity contribution in [1.82, 2.24) is 0 Å². The van der Waals surface area contributed by atoms with E-state index in [1.807, 2.05) is 7.11 Å². The van der Waals surface area contributed by atoms with Crippen LogP contribution >= 0.6 is 0 Å². The lowest BCUT2D eigenvalue weighted by Gasteiger charge is -2.30. The summed E-state index contributed by atoms with van der Waals surface area (Å²) in [7, 11) is 1.84. The highest BCUT2D eigenvalue weighted by atomic mass is 16.5. The number of hydrogen-bond donors (Lipinski definition) is 0. The molecule has 3 rings (SSSR count). The highest BCUT2D eigenvalue weighted by Gasteiger charge is 2.58. The number of ether oxygens (including phenoxy) is 1. The van der Waals surface area contributed by atoms with Crippen LogP contribution in [0.4, 0.5) is 0 Å². The first-order chi connectivity index (χ1) is 7.17. The zero-order valence-corrected chi connectivity index (χ0v) is 9.61. The minimum absolute atomic E-state index is 0.0190. The molecule has 0 amide bonds. The standard InChI is InChI=1S/C13H20O2/c1-13(7-14)5-10-8-3-9(11(10)6-13)12(4-8)15-2/h7-12H,3-6H2,1-2H3. The van der Waals surface area contributed by atoms with Crippen LogP contribution < -0.4 is 0 Å². The first-order valence-electron chi connectivity index (χ1n) is 6.16. The first kappa shape index (κ1) is 9.83. The van der Waals surface area contributed by atoms with Crippen LogP contribution in [0.5, 0.6) is 0 Å². The quantitative estimate of drug-likeness (QED) is 0.651. The maximum Gasteiger partial charge on any atom is 0.125 e. The van der Waals surface area contributed by atoms with Gasteiger partial charge in [-0.05, 0) is 49.4 Å². The third-order valence-electron chi connectivity index (χ3n) is 5.28. The summed E-state index contributed by atoms with van der Waals surface area (Å²) in [6, 6.07) is 0. The Balaban J connectivity index is 1.82. The van der Waals surface area contributed by atoms with Gasteiger partial charge in [-0.15, -0.1) is 0 Å². The molecular formula is C13H20O2. The van der Waals surface area contributed by atoms with Crippen LogP contribution in [0.15, 0.2) is 0 Å². The van der Waals surface area contributed by atoms with Gasteiger partial charge < -0.3 is 9.53 Å². The van der Waals surface area contributed by atoms with Crippen molar-refractivity contribution in [1.29, 1.82) is 0 Å². The Kier molecular flexibility index (Phi) is 2.01. The molecule has 0 saturated heterocycles. The maximum atomic E-state index is 11.1. The molecular weight excluding hydrogens is 188 g/mol. The Morgan fingerprint density at radius 2 is 1.93 bits per heavy atom. The topological polar surface area (TPSA) is 26.3 Å². The largest absolute Gasteiger partial charge is 0.381 e. The van der Waals surface area contributed by atoms with E-state index in [2.05, 4.69) is 6.92 Å². The smallest absolute Gasteiger partial charge is 0.125 e. The predicted octanol–water partition coefficient (Wildman–Crippen LogP) is 2.27. The van der Waals surface area contributed by atoms with E-state index in [9.17, 15) is 4.79 Å². The predicted molar refractivity (Wildman–Crippen MR) is 57.4 cm³/mol. The molecule has 3 fully saturated rings. The van der Waals surface area contributed by atoms with Gasteiger partial charge in [0.1, 0.15) is 6.29 Å². The van der Waals surface area contributed by atoms with Crippen molar-refractivity contribution >= 4 is 6.29 Å². The highest BCUT2D eigenvalue weighted by Crippen LogP contribution is 2.63. The zero-order chi connectivity index (χ0) is 10.6. The molecule has 84 valence electrons. The summed E-state index contributed by atoms with van der Waals surface area (Å²) in [5.41, 5.74) is -0.0190. The molecule has 0 aromatic heterocycles. The first-order valence-corrected chi connectivity index (χ1v) is 6.16. The van der Waals surface area contributed by atoms with Crippen molar-refractivity contribution in [3.05, 3.63) is 0 Å². The van der Waals surface area contributed by atoms with Gasteiger partial charge in [0.25, 0.3) is 0 Å². The fraction of sp³-hybridized carbons (Fsp3) is 0.923. The van der Waals surface area contributed by atoms with E-state index in [-0.39, 0.29) is 5.41 Å². The normalized spacial score (nSPS) is 57.1. The number of carbonyl (C=O) groups is 1. The summed E-state index contributed by atoms with van der Waals surface area (Å²) in [5.74, 6) is 3.22. The molecule has 0 N–H and O–H groups in total.